The van der Waals surface area contributed by atoms with Crippen LogP contribution in [0.2, 0.25) is 0 Å². The first-order valence-electron chi connectivity index (χ1n) is 9.65. The molecule has 0 heterocycles. The van der Waals surface area contributed by atoms with Crippen molar-refractivity contribution in [2.45, 2.75) is 72.6 Å². The third-order valence-corrected chi connectivity index (χ3v) is 4.48. The van der Waals surface area contributed by atoms with Gasteiger partial charge in [0.05, 0.1) is 0 Å². The van der Waals surface area contributed by atoms with E-state index < -0.39 is 0 Å². The van der Waals surface area contributed by atoms with E-state index in [9.17, 15) is 0 Å². The second kappa shape index (κ2) is 12.5. The van der Waals surface area contributed by atoms with Crippen LogP contribution >= 0.6 is 0 Å². The van der Waals surface area contributed by atoms with Crippen LogP contribution in [0.3, 0.4) is 0 Å². The van der Waals surface area contributed by atoms with Gasteiger partial charge in [0, 0.05) is 0 Å². The minimum atomic E-state index is 0.487. The van der Waals surface area contributed by atoms with E-state index in [1.807, 2.05) is 0 Å². The Labute approximate surface area is 156 Å². The molecule has 0 radical (unpaired) electrons. The molecule has 0 aliphatic carbocycles. The Balaban J connectivity index is 2.29. The molecule has 0 bridgehead atoms. The maximum Gasteiger partial charge on any atom is -0.00103 e. The van der Waals surface area contributed by atoms with Crippen molar-refractivity contribution in [2.24, 2.45) is 0 Å². The lowest BCUT2D eigenvalue weighted by atomic mass is 10.0. The molecule has 1 aromatic carbocycles. The summed E-state index contributed by atoms with van der Waals surface area (Å²) in [6, 6.07) is 10.7. The molecule has 1 unspecified atom stereocenters. The zero-order valence-corrected chi connectivity index (χ0v) is 16.9. The fourth-order valence-electron chi connectivity index (χ4n) is 2.76. The molecule has 25 heavy (non-hydrogen) atoms. The Bertz CT molecular complexity index is 592. The Morgan fingerprint density at radius 3 is 2.08 bits per heavy atom. The minimum absolute atomic E-state index is 0.487. The zero-order chi connectivity index (χ0) is 18.5. The maximum atomic E-state index is 2.41. The summed E-state index contributed by atoms with van der Waals surface area (Å²) in [5, 5.41) is 0. The largest absolute Gasteiger partial charge is 0.0856 e. The molecule has 136 valence electrons. The summed E-state index contributed by atoms with van der Waals surface area (Å²) >= 11 is 0. The highest BCUT2D eigenvalue weighted by molar-refractivity contribution is 5.23. The quantitative estimate of drug-likeness (QED) is 0.378. The van der Waals surface area contributed by atoms with Crippen LogP contribution in [0.15, 0.2) is 77.4 Å². The van der Waals surface area contributed by atoms with Crippen molar-refractivity contribution >= 4 is 0 Å². The smallest absolute Gasteiger partial charge is 0.00103 e. The summed E-state index contributed by atoms with van der Waals surface area (Å²) in [7, 11) is 0. The summed E-state index contributed by atoms with van der Waals surface area (Å²) in [5.41, 5.74) is 5.81. The van der Waals surface area contributed by atoms with Gasteiger partial charge in [0.25, 0.3) is 0 Å². The first-order valence-corrected chi connectivity index (χ1v) is 9.65. The summed E-state index contributed by atoms with van der Waals surface area (Å²) in [6.45, 7) is 11.1. The van der Waals surface area contributed by atoms with E-state index in [1.54, 1.807) is 0 Å². The first-order chi connectivity index (χ1) is 12.0. The van der Waals surface area contributed by atoms with Crippen molar-refractivity contribution in [3.05, 3.63) is 83.0 Å². The van der Waals surface area contributed by atoms with E-state index in [4.69, 9.17) is 0 Å². The van der Waals surface area contributed by atoms with E-state index >= 15 is 0 Å². The summed E-state index contributed by atoms with van der Waals surface area (Å²) in [4.78, 5) is 0. The molecule has 0 N–H and O–H groups in total. The van der Waals surface area contributed by atoms with Gasteiger partial charge in [-0.25, -0.2) is 0 Å². The standard InChI is InChI=1S/C25H36/c1-21(2)13-11-15-23(4)17-12-16-22(3)14-9-10-18-24(5)25-19-7-6-8-20-25/h6-8,10,13-14,17-20,24H,9,11-12,15-16H2,1-5H3/b18-10+,22-14?,23-17+. The van der Waals surface area contributed by atoms with Gasteiger partial charge in [-0.1, -0.05) is 84.4 Å². The van der Waals surface area contributed by atoms with Gasteiger partial charge in [0.1, 0.15) is 0 Å². The van der Waals surface area contributed by atoms with Crippen LogP contribution in [0.4, 0.5) is 0 Å². The first kappa shape index (κ1) is 21.2. The molecule has 0 nitrogen and oxygen atoms in total. The van der Waals surface area contributed by atoms with Crippen LogP contribution in [0, 0.1) is 0 Å². The molecular formula is C25H36. The van der Waals surface area contributed by atoms with E-state index in [0.29, 0.717) is 5.92 Å². The monoisotopic (exact) mass is 336 g/mol. The third kappa shape index (κ3) is 10.6. The number of hydrogen-bond donors (Lipinski definition) is 0. The fraction of sp³-hybridized carbons (Fsp3) is 0.440. The molecular weight excluding hydrogens is 300 g/mol. The number of rotatable bonds is 10. The molecule has 0 spiro atoms. The average Bonchev–Trinajstić information content (AvgIpc) is 2.59. The Kier molecular flexibility index (Phi) is 10.6. The van der Waals surface area contributed by atoms with E-state index in [0.717, 1.165) is 12.8 Å². The highest BCUT2D eigenvalue weighted by Gasteiger charge is 1.98. The van der Waals surface area contributed by atoms with Gasteiger partial charge in [-0.2, -0.15) is 0 Å². The van der Waals surface area contributed by atoms with Crippen molar-refractivity contribution in [1.29, 1.82) is 0 Å². The number of benzene rings is 1. The topological polar surface area (TPSA) is 0 Å². The molecule has 0 fully saturated rings. The lowest BCUT2D eigenvalue weighted by Crippen LogP contribution is -1.87. The molecule has 0 aliphatic rings. The summed E-state index contributed by atoms with van der Waals surface area (Å²) < 4.78 is 0. The lowest BCUT2D eigenvalue weighted by molar-refractivity contribution is 0.914. The van der Waals surface area contributed by atoms with Crippen LogP contribution in [0.5, 0.6) is 0 Å². The summed E-state index contributed by atoms with van der Waals surface area (Å²) in [6.07, 6.45) is 17.4. The minimum Gasteiger partial charge on any atom is -0.0856 e. The van der Waals surface area contributed by atoms with Crippen molar-refractivity contribution in [3.63, 3.8) is 0 Å². The van der Waals surface area contributed by atoms with Crippen LogP contribution in [0.1, 0.15) is 78.2 Å². The normalized spacial score (nSPS) is 14.0. The number of allylic oxidation sites excluding steroid dienone is 8. The van der Waals surface area contributed by atoms with Crippen molar-refractivity contribution in [3.8, 4) is 0 Å². The Morgan fingerprint density at radius 1 is 0.840 bits per heavy atom. The van der Waals surface area contributed by atoms with Gasteiger partial charge in [0.15, 0.2) is 0 Å². The number of hydrogen-bond acceptors (Lipinski definition) is 0. The van der Waals surface area contributed by atoms with Gasteiger partial charge in [-0.15, -0.1) is 0 Å². The van der Waals surface area contributed by atoms with Crippen LogP contribution in [-0.4, -0.2) is 0 Å². The van der Waals surface area contributed by atoms with Gasteiger partial charge in [0.2, 0.25) is 0 Å². The second-order valence-electron chi connectivity index (χ2n) is 7.32. The molecule has 0 aromatic heterocycles. The van der Waals surface area contributed by atoms with Crippen molar-refractivity contribution in [2.75, 3.05) is 0 Å². The van der Waals surface area contributed by atoms with Gasteiger partial charge in [-0.05, 0) is 71.3 Å². The molecule has 1 aromatic rings. The van der Waals surface area contributed by atoms with E-state index in [-0.39, 0.29) is 0 Å². The average molecular weight is 337 g/mol. The van der Waals surface area contributed by atoms with Gasteiger partial charge >= 0.3 is 0 Å². The Morgan fingerprint density at radius 2 is 1.44 bits per heavy atom. The SMILES string of the molecule is CC(C)=CCC/C(C)=C/CCC(C)=CC/C=C/C(C)c1ccccc1. The molecule has 0 heteroatoms. The predicted octanol–water partition coefficient (Wildman–Crippen LogP) is 8.16. The fourth-order valence-corrected chi connectivity index (χ4v) is 2.76. The van der Waals surface area contributed by atoms with Gasteiger partial charge < -0.3 is 0 Å². The lowest BCUT2D eigenvalue weighted by Gasteiger charge is -2.05. The summed E-state index contributed by atoms with van der Waals surface area (Å²) in [5.74, 6) is 0.487. The molecule has 0 amide bonds. The highest BCUT2D eigenvalue weighted by Crippen LogP contribution is 2.16. The molecule has 0 saturated carbocycles. The van der Waals surface area contributed by atoms with E-state index in [2.05, 4.69) is 95.3 Å². The predicted molar refractivity (Wildman–Crippen MR) is 114 cm³/mol. The molecule has 1 atom stereocenters. The molecule has 0 aliphatic heterocycles. The van der Waals surface area contributed by atoms with Crippen LogP contribution in [-0.2, 0) is 0 Å². The van der Waals surface area contributed by atoms with E-state index in [1.165, 1.54) is 41.5 Å². The van der Waals surface area contributed by atoms with Crippen molar-refractivity contribution < 1.29 is 0 Å². The van der Waals surface area contributed by atoms with Crippen LogP contribution < -0.4 is 0 Å². The third-order valence-electron chi connectivity index (χ3n) is 4.48. The maximum absolute atomic E-state index is 2.41. The van der Waals surface area contributed by atoms with Crippen molar-refractivity contribution in [1.82, 2.24) is 0 Å². The Hall–Kier alpha value is -1.82. The molecule has 1 rings (SSSR count). The highest BCUT2D eigenvalue weighted by atomic mass is 14.0. The zero-order valence-electron chi connectivity index (χ0n) is 16.9. The van der Waals surface area contributed by atoms with Gasteiger partial charge in [-0.3, -0.25) is 0 Å². The second-order valence-corrected chi connectivity index (χ2v) is 7.32. The molecule has 0 saturated heterocycles. The van der Waals surface area contributed by atoms with Crippen LogP contribution in [0.25, 0.3) is 0 Å².